The molecule has 0 radical (unpaired) electrons. The van der Waals surface area contributed by atoms with Crippen LogP contribution in [-0.4, -0.2) is 95.9 Å². The molecule has 2 saturated heterocycles. The van der Waals surface area contributed by atoms with E-state index < -0.39 is 36.1 Å². The molecule has 4 aliphatic rings. The number of esters is 1. The van der Waals surface area contributed by atoms with Crippen molar-refractivity contribution in [1.29, 1.82) is 0 Å². The van der Waals surface area contributed by atoms with E-state index in [0.29, 0.717) is 48.9 Å². The Morgan fingerprint density at radius 1 is 1.04 bits per heavy atom. The lowest BCUT2D eigenvalue weighted by molar-refractivity contribution is -0.172. The highest BCUT2D eigenvalue weighted by atomic mass is 16.8. The van der Waals surface area contributed by atoms with Crippen LogP contribution in [0.5, 0.6) is 0 Å². The molecular formula is C34H38N2O9. The Morgan fingerprint density at radius 3 is 2.60 bits per heavy atom. The molecule has 0 bridgehead atoms. The van der Waals surface area contributed by atoms with Crippen molar-refractivity contribution < 1.29 is 43.5 Å². The zero-order valence-corrected chi connectivity index (χ0v) is 24.9. The number of fused-ring (bicyclic) bond motifs is 2. The van der Waals surface area contributed by atoms with Gasteiger partial charge in [-0.05, 0) is 53.8 Å². The molecule has 2 aliphatic carbocycles. The third-order valence-electron chi connectivity index (χ3n) is 8.67. The number of carbonyl (C=O) groups is 3. The van der Waals surface area contributed by atoms with Crippen molar-refractivity contribution >= 4 is 23.9 Å². The lowest BCUT2D eigenvalue weighted by Crippen LogP contribution is -2.49. The normalized spacial score (nSPS) is 24.8. The summed E-state index contributed by atoms with van der Waals surface area (Å²) >= 11 is 0. The molecule has 6 rings (SSSR count). The van der Waals surface area contributed by atoms with Crippen LogP contribution >= 0.6 is 0 Å². The fraction of sp³-hybridized carbons (Fsp3) is 0.441. The van der Waals surface area contributed by atoms with Gasteiger partial charge in [0.1, 0.15) is 31.0 Å². The molecule has 4 atom stereocenters. The van der Waals surface area contributed by atoms with Crippen LogP contribution in [0.15, 0.2) is 66.4 Å². The molecule has 4 unspecified atom stereocenters. The molecule has 2 aromatic rings. The fourth-order valence-corrected chi connectivity index (χ4v) is 6.64. The third-order valence-corrected chi connectivity index (χ3v) is 8.67. The Kier molecular flexibility index (Phi) is 9.32. The summed E-state index contributed by atoms with van der Waals surface area (Å²) < 4.78 is 24.4. The topological polar surface area (TPSA) is 144 Å². The number of hydrogen-bond donors (Lipinski definition) is 3. The van der Waals surface area contributed by atoms with Gasteiger partial charge in [0.2, 0.25) is 11.8 Å². The average molecular weight is 619 g/mol. The molecule has 0 aromatic heterocycles. The van der Waals surface area contributed by atoms with Crippen LogP contribution in [0, 0.1) is 0 Å². The number of carbonyl (C=O) groups excluding carboxylic acids is 3. The van der Waals surface area contributed by atoms with E-state index in [4.69, 9.17) is 29.2 Å². The van der Waals surface area contributed by atoms with E-state index in [-0.39, 0.29) is 44.6 Å². The van der Waals surface area contributed by atoms with Crippen LogP contribution in [0.1, 0.15) is 46.3 Å². The summed E-state index contributed by atoms with van der Waals surface area (Å²) in [5.74, 6) is -2.10. The van der Waals surface area contributed by atoms with Gasteiger partial charge in [0, 0.05) is 37.9 Å². The highest BCUT2D eigenvalue weighted by Gasteiger charge is 2.55. The van der Waals surface area contributed by atoms with Crippen LogP contribution < -0.4 is 5.32 Å². The molecule has 11 nitrogen and oxygen atoms in total. The quantitative estimate of drug-likeness (QED) is 0.207. The van der Waals surface area contributed by atoms with Gasteiger partial charge in [-0.25, -0.2) is 4.79 Å². The third kappa shape index (κ3) is 6.67. The molecule has 1 spiro atoms. The SMILES string of the molecule is O=C(OC1CC(C(=O)N2CCCC2C(=O)NCCO)=CC2OC3(Cc4ccccc4C3)OC21)c1cccc(C=COCCO)c1. The van der Waals surface area contributed by atoms with Crippen LogP contribution in [0.4, 0.5) is 0 Å². The molecule has 45 heavy (non-hydrogen) atoms. The number of rotatable bonds is 10. The number of aliphatic hydroxyl groups excluding tert-OH is 2. The van der Waals surface area contributed by atoms with Gasteiger partial charge >= 0.3 is 5.97 Å². The predicted octanol–water partition coefficient (Wildman–Crippen LogP) is 1.90. The summed E-state index contributed by atoms with van der Waals surface area (Å²) in [4.78, 5) is 41.8. The van der Waals surface area contributed by atoms with E-state index in [0.717, 1.165) is 11.1 Å². The molecule has 2 heterocycles. The maximum atomic E-state index is 13.9. The van der Waals surface area contributed by atoms with E-state index in [1.165, 1.54) is 6.26 Å². The van der Waals surface area contributed by atoms with Gasteiger partial charge in [0.25, 0.3) is 0 Å². The van der Waals surface area contributed by atoms with Crippen molar-refractivity contribution in [3.8, 4) is 0 Å². The summed E-state index contributed by atoms with van der Waals surface area (Å²) in [6.07, 6.45) is 5.22. The number of hydrogen-bond acceptors (Lipinski definition) is 9. The molecule has 11 heteroatoms. The zero-order chi connectivity index (χ0) is 31.4. The number of likely N-dealkylation sites (tertiary alicyclic amines) is 1. The number of nitrogens with zero attached hydrogens (tertiary/aromatic N) is 1. The Hall–Kier alpha value is -4.03. The minimum Gasteiger partial charge on any atom is -0.499 e. The van der Waals surface area contributed by atoms with Crippen molar-refractivity contribution in [2.24, 2.45) is 0 Å². The number of nitrogens with one attached hydrogen (secondary N) is 1. The largest absolute Gasteiger partial charge is 0.499 e. The Labute approximate surface area is 261 Å². The first-order chi connectivity index (χ1) is 21.9. The van der Waals surface area contributed by atoms with E-state index in [9.17, 15) is 14.4 Å². The lowest BCUT2D eigenvalue weighted by Gasteiger charge is -2.32. The van der Waals surface area contributed by atoms with Crippen molar-refractivity contribution in [2.75, 3.05) is 32.9 Å². The van der Waals surface area contributed by atoms with Gasteiger partial charge in [-0.3, -0.25) is 9.59 Å². The molecule has 2 aliphatic heterocycles. The summed E-state index contributed by atoms with van der Waals surface area (Å²) in [7, 11) is 0. The molecule has 0 saturated carbocycles. The van der Waals surface area contributed by atoms with E-state index in [1.54, 1.807) is 35.3 Å². The van der Waals surface area contributed by atoms with Crippen molar-refractivity contribution in [2.45, 2.75) is 62.2 Å². The van der Waals surface area contributed by atoms with Crippen LogP contribution in [0.3, 0.4) is 0 Å². The molecular weight excluding hydrogens is 580 g/mol. The zero-order valence-electron chi connectivity index (χ0n) is 24.9. The second-order valence-electron chi connectivity index (χ2n) is 11.7. The highest BCUT2D eigenvalue weighted by molar-refractivity contribution is 5.98. The molecule has 2 amide bonds. The number of ether oxygens (including phenoxy) is 4. The minimum absolute atomic E-state index is 0.103. The monoisotopic (exact) mass is 618 g/mol. The van der Waals surface area contributed by atoms with Gasteiger partial charge in [0.05, 0.1) is 25.0 Å². The van der Waals surface area contributed by atoms with Crippen molar-refractivity contribution in [3.05, 3.63) is 88.7 Å². The highest BCUT2D eigenvalue weighted by Crippen LogP contribution is 2.45. The first-order valence-corrected chi connectivity index (χ1v) is 15.4. The predicted molar refractivity (Wildman–Crippen MR) is 162 cm³/mol. The van der Waals surface area contributed by atoms with E-state index in [1.807, 2.05) is 30.3 Å². The number of amides is 2. The summed E-state index contributed by atoms with van der Waals surface area (Å²) in [5.41, 5.74) is 3.70. The maximum absolute atomic E-state index is 13.9. The molecule has 2 aromatic carbocycles. The van der Waals surface area contributed by atoms with Gasteiger partial charge in [-0.2, -0.15) is 0 Å². The molecule has 238 valence electrons. The average Bonchev–Trinajstić information content (AvgIpc) is 3.77. The van der Waals surface area contributed by atoms with Gasteiger partial charge in [-0.1, -0.05) is 36.4 Å². The fourth-order valence-electron chi connectivity index (χ4n) is 6.64. The Morgan fingerprint density at radius 2 is 1.84 bits per heavy atom. The second-order valence-corrected chi connectivity index (χ2v) is 11.7. The second kappa shape index (κ2) is 13.5. The lowest BCUT2D eigenvalue weighted by atomic mass is 9.91. The smallest absolute Gasteiger partial charge is 0.338 e. The van der Waals surface area contributed by atoms with Gasteiger partial charge < -0.3 is 39.4 Å². The van der Waals surface area contributed by atoms with Crippen LogP contribution in [0.25, 0.3) is 6.08 Å². The molecule has 2 fully saturated rings. The summed E-state index contributed by atoms with van der Waals surface area (Å²) in [5, 5.41) is 20.7. The van der Waals surface area contributed by atoms with E-state index >= 15 is 0 Å². The number of aliphatic hydroxyl groups is 2. The first kappa shape index (κ1) is 31.0. The van der Waals surface area contributed by atoms with Gasteiger partial charge in [-0.15, -0.1) is 0 Å². The minimum atomic E-state index is -0.932. The first-order valence-electron chi connectivity index (χ1n) is 15.4. The summed E-state index contributed by atoms with van der Waals surface area (Å²) in [6, 6.07) is 14.3. The van der Waals surface area contributed by atoms with Crippen LogP contribution in [-0.2, 0) is 41.4 Å². The van der Waals surface area contributed by atoms with E-state index in [2.05, 4.69) is 5.32 Å². The standard InChI is InChI=1S/C34H38N2O9/c37-13-11-35-31(39)27-9-4-12-36(27)32(40)26-18-28(43-33(41)23-8-3-5-22(17-23)10-15-42-16-14-38)30-29(19-26)44-34(45-30)20-24-6-1-2-7-25(24)21-34/h1-3,5-8,10,15,17,19,27-30,37-38H,4,9,11-14,16,18,20-21H2,(H,35,39). The Bertz CT molecular complexity index is 1460. The summed E-state index contributed by atoms with van der Waals surface area (Å²) in [6.45, 7) is 0.410. The van der Waals surface area contributed by atoms with Gasteiger partial charge in [0.15, 0.2) is 5.79 Å². The maximum Gasteiger partial charge on any atom is 0.338 e. The van der Waals surface area contributed by atoms with Crippen molar-refractivity contribution in [1.82, 2.24) is 10.2 Å². The number of benzene rings is 2. The Balaban J connectivity index is 1.24. The van der Waals surface area contributed by atoms with Crippen LogP contribution in [0.2, 0.25) is 0 Å². The van der Waals surface area contributed by atoms with Crippen molar-refractivity contribution in [3.63, 3.8) is 0 Å². The molecule has 3 N–H and O–H groups in total.